The summed E-state index contributed by atoms with van der Waals surface area (Å²) in [6.45, 7) is 0. The van der Waals surface area contributed by atoms with Crippen LogP contribution in [0.15, 0.2) is 194 Å². The number of hydrogen-bond donors (Lipinski definition) is 3. The Morgan fingerprint density at radius 2 is 1.06 bits per heavy atom. The molecule has 10 aromatic rings. The number of imidazole rings is 1. The first-order valence-electron chi connectivity index (χ1n) is 13.6. The fraction of sp³-hybridized carbons (Fsp3) is 0. The van der Waals surface area contributed by atoms with Gasteiger partial charge in [0.1, 0.15) is 18.8 Å². The standard InChI is InChI=1S/3C3H4N2.3C3H3NO.4C3H3NS/c1-2-5-3-4-1;2*1-2-4-5-3-1;1-2-5-3-4-1;2*1-2-4-5-3-1;2*1-2-5-3-4-1;2*1-2-4-5-3-1/h3*1-3H,(H,4,5);7*1-3H. The maximum Gasteiger partial charge on any atom is 0.180 e. The Morgan fingerprint density at radius 3 is 1.18 bits per heavy atom. The molecule has 20 heteroatoms. The number of rotatable bonds is 0. The number of aromatic amines is 3. The molecule has 0 spiro atoms. The average molecular weight is 752 g/mol. The summed E-state index contributed by atoms with van der Waals surface area (Å²) < 4.78 is 20.7. The van der Waals surface area contributed by atoms with E-state index >= 15 is 0 Å². The van der Waals surface area contributed by atoms with E-state index in [1.54, 1.807) is 133 Å². The van der Waals surface area contributed by atoms with E-state index in [0.717, 1.165) is 0 Å². The van der Waals surface area contributed by atoms with Gasteiger partial charge in [0.15, 0.2) is 6.39 Å². The van der Waals surface area contributed by atoms with Crippen molar-refractivity contribution in [3.63, 3.8) is 0 Å². The van der Waals surface area contributed by atoms with Crippen molar-refractivity contribution in [3.8, 4) is 0 Å². The van der Waals surface area contributed by atoms with Crippen LogP contribution in [0.2, 0.25) is 0 Å². The molecule has 0 saturated carbocycles. The highest BCUT2D eigenvalue weighted by atomic mass is 32.1. The number of H-pyrrole nitrogens is 3. The van der Waals surface area contributed by atoms with E-state index in [9.17, 15) is 0 Å². The summed E-state index contributed by atoms with van der Waals surface area (Å²) in [5, 5.41) is 26.8. The van der Waals surface area contributed by atoms with Crippen LogP contribution in [0.5, 0.6) is 0 Å². The lowest BCUT2D eigenvalue weighted by atomic mass is 10.8. The minimum Gasteiger partial charge on any atom is -0.452 e. The van der Waals surface area contributed by atoms with Gasteiger partial charge >= 0.3 is 0 Å². The summed E-state index contributed by atoms with van der Waals surface area (Å²) >= 11 is 6.13. The van der Waals surface area contributed by atoms with E-state index in [0.29, 0.717) is 0 Å². The van der Waals surface area contributed by atoms with Gasteiger partial charge in [-0.1, -0.05) is 10.3 Å². The van der Waals surface area contributed by atoms with Gasteiger partial charge in [-0.05, 0) is 59.5 Å². The molecule has 0 aliphatic heterocycles. The van der Waals surface area contributed by atoms with E-state index in [1.165, 1.54) is 48.2 Å². The minimum atomic E-state index is 1.38. The first-order chi connectivity index (χ1) is 25.0. The van der Waals surface area contributed by atoms with E-state index in [-0.39, 0.29) is 0 Å². The predicted molar refractivity (Wildman–Crippen MR) is 194 cm³/mol. The van der Waals surface area contributed by atoms with E-state index in [2.05, 4.69) is 77.8 Å². The van der Waals surface area contributed by atoms with Gasteiger partial charge < -0.3 is 18.4 Å². The highest BCUT2D eigenvalue weighted by Crippen LogP contribution is 1.87. The Bertz CT molecular complexity index is 1080. The Morgan fingerprint density at radius 1 is 0.460 bits per heavy atom. The molecule has 10 rings (SSSR count). The summed E-state index contributed by atoms with van der Waals surface area (Å²) in [6, 6.07) is 10.9. The molecule has 10 heterocycles. The smallest absolute Gasteiger partial charge is 0.180 e. The van der Waals surface area contributed by atoms with Gasteiger partial charge in [-0.25, -0.2) is 18.7 Å². The summed E-state index contributed by atoms with van der Waals surface area (Å²) in [6.07, 6.45) is 29.7. The largest absolute Gasteiger partial charge is 0.452 e. The molecule has 3 N–H and O–H groups in total. The second-order valence-electron chi connectivity index (χ2n) is 7.07. The van der Waals surface area contributed by atoms with E-state index in [4.69, 9.17) is 0 Å². The van der Waals surface area contributed by atoms with Gasteiger partial charge in [-0.3, -0.25) is 20.2 Å². The van der Waals surface area contributed by atoms with Crippen molar-refractivity contribution in [3.05, 3.63) is 181 Å². The number of aromatic nitrogens is 13. The lowest BCUT2D eigenvalue weighted by molar-refractivity contribution is 0.419. The third-order valence-electron chi connectivity index (χ3n) is 3.65. The molecule has 0 fully saturated rings. The molecule has 0 radical (unpaired) electrons. The second-order valence-corrected chi connectivity index (χ2v) is 9.97. The molecular formula is C30H33N13O3S4. The fourth-order valence-corrected chi connectivity index (χ4v) is 3.28. The minimum absolute atomic E-state index is 1.38. The zero-order chi connectivity index (χ0) is 35.4. The van der Waals surface area contributed by atoms with Crippen LogP contribution < -0.4 is 0 Å². The fourth-order valence-electron chi connectivity index (χ4n) is 1.88. The normalized spacial score (nSPS) is 8.00. The molecule has 0 atom stereocenters. The molecule has 0 amide bonds. The van der Waals surface area contributed by atoms with Crippen molar-refractivity contribution >= 4 is 45.7 Å². The molecule has 0 aliphatic rings. The monoisotopic (exact) mass is 751 g/mol. The van der Waals surface area contributed by atoms with Crippen molar-refractivity contribution in [2.24, 2.45) is 0 Å². The molecule has 0 saturated heterocycles. The van der Waals surface area contributed by atoms with Crippen LogP contribution in [0.25, 0.3) is 0 Å². The molecular weight excluding hydrogens is 719 g/mol. The van der Waals surface area contributed by atoms with Crippen LogP contribution >= 0.6 is 45.7 Å². The number of nitrogens with zero attached hydrogens (tertiary/aromatic N) is 10. The molecule has 0 bridgehead atoms. The van der Waals surface area contributed by atoms with Gasteiger partial charge in [0.25, 0.3) is 0 Å². The number of oxazole rings is 1. The predicted octanol–water partition coefficient (Wildman–Crippen LogP) is 7.83. The molecule has 0 aliphatic carbocycles. The number of hydrogen-bond acceptors (Lipinski definition) is 17. The summed E-state index contributed by atoms with van der Waals surface area (Å²) in [4.78, 5) is 17.5. The number of thiazole rings is 2. The lowest BCUT2D eigenvalue weighted by Gasteiger charge is -1.49. The molecule has 16 nitrogen and oxygen atoms in total. The van der Waals surface area contributed by atoms with Crippen LogP contribution in [0.1, 0.15) is 0 Å². The molecule has 0 unspecified atom stereocenters. The third kappa shape index (κ3) is 36.3. The van der Waals surface area contributed by atoms with Gasteiger partial charge in [0, 0.05) is 83.5 Å². The Labute approximate surface area is 303 Å². The van der Waals surface area contributed by atoms with Crippen molar-refractivity contribution in [1.82, 2.24) is 64.4 Å². The molecule has 260 valence electrons. The van der Waals surface area contributed by atoms with Crippen molar-refractivity contribution in [1.29, 1.82) is 0 Å². The maximum absolute atomic E-state index is 4.47. The van der Waals surface area contributed by atoms with Crippen LogP contribution in [-0.2, 0) is 0 Å². The highest BCUT2D eigenvalue weighted by molar-refractivity contribution is 7.07. The average Bonchev–Trinajstić information content (AvgIpc) is 4.08. The van der Waals surface area contributed by atoms with Gasteiger partial charge in [0.2, 0.25) is 0 Å². The topological polar surface area (TPSA) is 216 Å². The molecule has 10 aromatic heterocycles. The highest BCUT2D eigenvalue weighted by Gasteiger charge is 1.63. The third-order valence-corrected chi connectivity index (χ3v) is 5.74. The van der Waals surface area contributed by atoms with Gasteiger partial charge in [0.05, 0.1) is 35.9 Å². The Balaban J connectivity index is 0.000000278. The van der Waals surface area contributed by atoms with Crippen molar-refractivity contribution in [2.75, 3.05) is 0 Å². The first kappa shape index (κ1) is 41.8. The second kappa shape index (κ2) is 39.0. The molecule has 50 heavy (non-hydrogen) atoms. The SMILES string of the molecule is c1c[nH]cn1.c1cn[nH]c1.c1cn[nH]c1.c1cnoc1.c1cnoc1.c1cnsc1.c1cnsc1.c1cocn1.c1cscn1.c1cscn1. The van der Waals surface area contributed by atoms with E-state index in [1.807, 2.05) is 45.8 Å². The quantitative estimate of drug-likeness (QED) is 0.135. The van der Waals surface area contributed by atoms with Crippen molar-refractivity contribution in [2.45, 2.75) is 0 Å². The van der Waals surface area contributed by atoms with E-state index < -0.39 is 0 Å². The van der Waals surface area contributed by atoms with Crippen LogP contribution in [-0.4, -0.2) is 64.4 Å². The summed E-state index contributed by atoms with van der Waals surface area (Å²) in [5.74, 6) is 0. The van der Waals surface area contributed by atoms with Crippen LogP contribution in [0.3, 0.4) is 0 Å². The van der Waals surface area contributed by atoms with Gasteiger partial charge in [-0.15, -0.1) is 22.7 Å². The zero-order valence-corrected chi connectivity index (χ0v) is 29.4. The Hall–Kier alpha value is -6.22. The van der Waals surface area contributed by atoms with Gasteiger partial charge in [-0.2, -0.15) is 10.2 Å². The van der Waals surface area contributed by atoms with Crippen LogP contribution in [0.4, 0.5) is 0 Å². The van der Waals surface area contributed by atoms with Crippen LogP contribution in [0, 0.1) is 0 Å². The summed E-state index contributed by atoms with van der Waals surface area (Å²) in [5.41, 5.74) is 3.58. The number of nitrogens with one attached hydrogen (secondary N) is 3. The lowest BCUT2D eigenvalue weighted by Crippen LogP contribution is -1.53. The summed E-state index contributed by atoms with van der Waals surface area (Å²) in [7, 11) is 0. The Kier molecular flexibility index (Phi) is 32.6. The first-order valence-corrected chi connectivity index (χ1v) is 17.2. The molecule has 0 aromatic carbocycles. The maximum atomic E-state index is 4.47. The zero-order valence-electron chi connectivity index (χ0n) is 26.2. The van der Waals surface area contributed by atoms with Crippen molar-refractivity contribution < 1.29 is 13.5 Å².